The van der Waals surface area contributed by atoms with E-state index in [2.05, 4.69) is 14.8 Å². The number of hydrogen-bond donors (Lipinski definition) is 1. The van der Waals surface area contributed by atoms with Crippen LogP contribution in [0, 0.1) is 0 Å². The number of aromatic nitrogens is 3. The number of fused-ring (bicyclic) bond motifs is 1. The van der Waals surface area contributed by atoms with E-state index in [0.717, 1.165) is 5.39 Å². The van der Waals surface area contributed by atoms with Crippen LogP contribution in [0.15, 0.2) is 53.9 Å². The van der Waals surface area contributed by atoms with E-state index in [1.807, 2.05) is 0 Å². The quantitative estimate of drug-likeness (QED) is 0.739. The lowest BCUT2D eigenvalue weighted by atomic mass is 10.2. The largest absolute Gasteiger partial charge is 0.308 e. The second kappa shape index (κ2) is 6.19. The molecule has 0 aliphatic carbocycles. The van der Waals surface area contributed by atoms with Crippen molar-refractivity contribution in [2.45, 2.75) is 17.4 Å². The Hall–Kier alpha value is -2.78. The van der Waals surface area contributed by atoms with Gasteiger partial charge in [0.05, 0.1) is 16.8 Å². The summed E-state index contributed by atoms with van der Waals surface area (Å²) in [6.07, 6.45) is 6.88. The van der Waals surface area contributed by atoms with Gasteiger partial charge in [0.25, 0.3) is 0 Å². The molecule has 8 nitrogen and oxygen atoms in total. The molecule has 1 amide bonds. The lowest BCUT2D eigenvalue weighted by Crippen LogP contribution is -2.41. The molecule has 1 saturated heterocycles. The van der Waals surface area contributed by atoms with E-state index in [0.29, 0.717) is 24.0 Å². The lowest BCUT2D eigenvalue weighted by Gasteiger charge is -2.16. The van der Waals surface area contributed by atoms with Crippen molar-refractivity contribution in [1.29, 1.82) is 0 Å². The maximum Gasteiger partial charge on any atom is 0.245 e. The molecule has 4 rings (SSSR count). The minimum atomic E-state index is -3.85. The first kappa shape index (κ1) is 16.7. The Balaban J connectivity index is 1.61. The Bertz CT molecular complexity index is 1090. The summed E-state index contributed by atoms with van der Waals surface area (Å²) in [6, 6.07) is 5.85. The van der Waals surface area contributed by atoms with Gasteiger partial charge in [0.15, 0.2) is 0 Å². The second-order valence-electron chi connectivity index (χ2n) is 6.18. The smallest absolute Gasteiger partial charge is 0.245 e. The predicted molar refractivity (Wildman–Crippen MR) is 96.0 cm³/mol. The van der Waals surface area contributed by atoms with Gasteiger partial charge in [-0.3, -0.25) is 14.5 Å². The van der Waals surface area contributed by atoms with Crippen molar-refractivity contribution in [2.24, 2.45) is 7.05 Å². The van der Waals surface area contributed by atoms with Crippen LogP contribution in [0.1, 0.15) is 6.42 Å². The van der Waals surface area contributed by atoms with Gasteiger partial charge in [0.2, 0.25) is 15.9 Å². The van der Waals surface area contributed by atoms with Crippen molar-refractivity contribution < 1.29 is 13.2 Å². The van der Waals surface area contributed by atoms with E-state index in [4.69, 9.17) is 0 Å². The van der Waals surface area contributed by atoms with Gasteiger partial charge in [-0.1, -0.05) is 12.1 Å². The topological polar surface area (TPSA) is 97.2 Å². The van der Waals surface area contributed by atoms with Gasteiger partial charge >= 0.3 is 0 Å². The van der Waals surface area contributed by atoms with Gasteiger partial charge in [0.1, 0.15) is 6.04 Å². The highest BCUT2D eigenvalue weighted by atomic mass is 32.2. The SMILES string of the molecule is Cn1cc(N2CCC(NS(=O)(=O)c3cccc4cnccc34)C2=O)cn1. The molecule has 134 valence electrons. The van der Waals surface area contributed by atoms with E-state index in [-0.39, 0.29) is 10.8 Å². The molecular formula is C17H17N5O3S. The Labute approximate surface area is 150 Å². The van der Waals surface area contributed by atoms with Crippen LogP contribution in [-0.4, -0.2) is 41.7 Å². The molecule has 0 radical (unpaired) electrons. The minimum Gasteiger partial charge on any atom is -0.308 e. The summed E-state index contributed by atoms with van der Waals surface area (Å²) >= 11 is 0. The average Bonchev–Trinajstić information content (AvgIpc) is 3.20. The second-order valence-corrected chi connectivity index (χ2v) is 7.86. The van der Waals surface area contributed by atoms with Gasteiger partial charge in [0, 0.05) is 43.0 Å². The molecule has 1 aliphatic heterocycles. The third-order valence-electron chi connectivity index (χ3n) is 4.44. The van der Waals surface area contributed by atoms with Crippen LogP contribution in [0.5, 0.6) is 0 Å². The minimum absolute atomic E-state index is 0.144. The molecule has 0 bridgehead atoms. The van der Waals surface area contributed by atoms with Crippen molar-refractivity contribution >= 4 is 32.4 Å². The number of hydrogen-bond acceptors (Lipinski definition) is 5. The average molecular weight is 371 g/mol. The van der Waals surface area contributed by atoms with Crippen molar-refractivity contribution in [1.82, 2.24) is 19.5 Å². The zero-order valence-corrected chi connectivity index (χ0v) is 14.8. The summed E-state index contributed by atoms with van der Waals surface area (Å²) in [5.74, 6) is -0.275. The number of amides is 1. The molecule has 0 spiro atoms. The van der Waals surface area contributed by atoms with E-state index < -0.39 is 16.1 Å². The number of anilines is 1. The fraction of sp³-hybridized carbons (Fsp3) is 0.235. The zero-order chi connectivity index (χ0) is 18.3. The highest BCUT2D eigenvalue weighted by Gasteiger charge is 2.36. The number of nitrogens with zero attached hydrogens (tertiary/aromatic N) is 4. The third kappa shape index (κ3) is 2.85. The van der Waals surface area contributed by atoms with E-state index >= 15 is 0 Å². The first-order chi connectivity index (χ1) is 12.5. The molecule has 1 atom stereocenters. The summed E-state index contributed by atoms with van der Waals surface area (Å²) in [6.45, 7) is 0.442. The number of carbonyl (C=O) groups excluding carboxylic acids is 1. The van der Waals surface area contributed by atoms with E-state index in [1.54, 1.807) is 59.6 Å². The molecule has 26 heavy (non-hydrogen) atoms. The number of rotatable bonds is 4. The molecule has 1 fully saturated rings. The van der Waals surface area contributed by atoms with Crippen LogP contribution in [0.25, 0.3) is 10.8 Å². The summed E-state index contributed by atoms with van der Waals surface area (Å²) in [5, 5.41) is 5.36. The number of benzene rings is 1. The highest BCUT2D eigenvalue weighted by Crippen LogP contribution is 2.25. The Morgan fingerprint density at radius 3 is 2.85 bits per heavy atom. The van der Waals surface area contributed by atoms with Crippen molar-refractivity contribution in [3.05, 3.63) is 49.1 Å². The van der Waals surface area contributed by atoms with Crippen LogP contribution < -0.4 is 9.62 Å². The first-order valence-electron chi connectivity index (χ1n) is 8.11. The number of aryl methyl sites for hydroxylation is 1. The fourth-order valence-corrected chi connectivity index (χ4v) is 4.62. The molecule has 3 aromatic rings. The van der Waals surface area contributed by atoms with Crippen LogP contribution >= 0.6 is 0 Å². The monoisotopic (exact) mass is 371 g/mol. The summed E-state index contributed by atoms with van der Waals surface area (Å²) < 4.78 is 29.9. The number of carbonyl (C=O) groups is 1. The molecular weight excluding hydrogens is 354 g/mol. The van der Waals surface area contributed by atoms with E-state index in [1.165, 1.54) is 6.07 Å². The molecule has 9 heteroatoms. The fourth-order valence-electron chi connectivity index (χ4n) is 3.17. The maximum atomic E-state index is 12.9. The third-order valence-corrected chi connectivity index (χ3v) is 5.97. The van der Waals surface area contributed by atoms with Crippen LogP contribution in [0.2, 0.25) is 0 Å². The normalized spacial score (nSPS) is 18.0. The Morgan fingerprint density at radius 2 is 2.08 bits per heavy atom. The summed E-state index contributed by atoms with van der Waals surface area (Å²) in [4.78, 5) is 18.3. The van der Waals surface area contributed by atoms with Crippen LogP contribution in [0.4, 0.5) is 5.69 Å². The highest BCUT2D eigenvalue weighted by molar-refractivity contribution is 7.89. The van der Waals surface area contributed by atoms with Crippen LogP contribution in [0.3, 0.4) is 0 Å². The zero-order valence-electron chi connectivity index (χ0n) is 14.0. The summed E-state index contributed by atoms with van der Waals surface area (Å²) in [5.41, 5.74) is 0.662. The van der Waals surface area contributed by atoms with Crippen molar-refractivity contribution in [3.8, 4) is 0 Å². The lowest BCUT2D eigenvalue weighted by molar-refractivity contribution is -0.118. The van der Waals surface area contributed by atoms with Gasteiger partial charge in [-0.25, -0.2) is 8.42 Å². The van der Waals surface area contributed by atoms with E-state index in [9.17, 15) is 13.2 Å². The molecule has 2 aromatic heterocycles. The van der Waals surface area contributed by atoms with Gasteiger partial charge < -0.3 is 4.90 Å². The molecule has 1 aliphatic rings. The maximum absolute atomic E-state index is 12.9. The molecule has 1 unspecified atom stereocenters. The molecule has 1 N–H and O–H groups in total. The number of nitrogens with one attached hydrogen (secondary N) is 1. The Kier molecular flexibility index (Phi) is 3.97. The van der Waals surface area contributed by atoms with Crippen LogP contribution in [-0.2, 0) is 21.9 Å². The molecule has 1 aromatic carbocycles. The van der Waals surface area contributed by atoms with Gasteiger partial charge in [-0.15, -0.1) is 0 Å². The standard InChI is InChI=1S/C17H17N5O3S/c1-21-11-13(10-19-21)22-8-6-15(17(22)23)20-26(24,25)16-4-2-3-12-9-18-7-5-14(12)16/h2-5,7,9-11,15,20H,6,8H2,1H3. The van der Waals surface area contributed by atoms with Gasteiger partial charge in [-0.05, 0) is 18.6 Å². The van der Waals surface area contributed by atoms with Crippen molar-refractivity contribution in [3.63, 3.8) is 0 Å². The summed E-state index contributed by atoms with van der Waals surface area (Å²) in [7, 11) is -2.09. The number of sulfonamides is 1. The molecule has 3 heterocycles. The molecule has 0 saturated carbocycles. The Morgan fingerprint density at radius 1 is 1.23 bits per heavy atom. The number of pyridine rings is 1. The first-order valence-corrected chi connectivity index (χ1v) is 9.59. The van der Waals surface area contributed by atoms with Crippen molar-refractivity contribution in [2.75, 3.05) is 11.4 Å². The predicted octanol–water partition coefficient (Wildman–Crippen LogP) is 1.05. The van der Waals surface area contributed by atoms with Gasteiger partial charge in [-0.2, -0.15) is 9.82 Å².